The zero-order chi connectivity index (χ0) is 27.7. The van der Waals surface area contributed by atoms with E-state index in [1.54, 1.807) is 48.5 Å². The standard InChI is InChI=1S/C17H14ClN3O2.C11H11NO4/c18-11-1-4-13(5-2-11)21-16(22)7-10-9-23-15-8-12(19)3-6-14(15)17(10)20-21;12-7-1-2-8-9(4-7)16-5-6(11(8)15)3-10(13)14/h1-6,8,10H,7,9,19H2;1-2,4,6H,3,5,12H2,(H,13,14). The molecular weight excluding hydrogens is 524 g/mol. The second kappa shape index (κ2) is 10.7. The maximum Gasteiger partial charge on any atom is 0.304 e. The molecular formula is C28H25ClN4O6. The Morgan fingerprint density at radius 1 is 0.949 bits per heavy atom. The number of Topliss-reactive ketones (excluding diaryl/α,β-unsaturated/α-hetero) is 1. The molecule has 39 heavy (non-hydrogen) atoms. The van der Waals surface area contributed by atoms with Crippen molar-refractivity contribution in [1.82, 2.24) is 0 Å². The normalized spacial score (nSPS) is 19.2. The molecule has 3 heterocycles. The predicted octanol–water partition coefficient (Wildman–Crippen LogP) is 4.01. The van der Waals surface area contributed by atoms with Crippen molar-refractivity contribution in [3.63, 3.8) is 0 Å². The second-order valence-corrected chi connectivity index (χ2v) is 9.80. The van der Waals surface area contributed by atoms with Gasteiger partial charge in [-0.3, -0.25) is 14.4 Å². The van der Waals surface area contributed by atoms with Crippen LogP contribution in [0.25, 0.3) is 0 Å². The lowest BCUT2D eigenvalue weighted by Gasteiger charge is -2.33. The summed E-state index contributed by atoms with van der Waals surface area (Å²) in [5.41, 5.74) is 15.4. The van der Waals surface area contributed by atoms with Gasteiger partial charge < -0.3 is 26.0 Å². The molecule has 5 N–H and O–H groups in total. The molecule has 1 amide bonds. The average Bonchev–Trinajstić information content (AvgIpc) is 2.90. The van der Waals surface area contributed by atoms with E-state index in [1.807, 2.05) is 12.1 Å². The molecule has 0 aromatic heterocycles. The lowest BCUT2D eigenvalue weighted by atomic mass is 9.90. The van der Waals surface area contributed by atoms with Gasteiger partial charge in [0.1, 0.15) is 11.5 Å². The highest BCUT2D eigenvalue weighted by atomic mass is 35.5. The van der Waals surface area contributed by atoms with E-state index in [4.69, 9.17) is 37.6 Å². The number of benzene rings is 3. The highest BCUT2D eigenvalue weighted by Gasteiger charge is 2.36. The Hall–Kier alpha value is -4.57. The van der Waals surface area contributed by atoms with Gasteiger partial charge in [-0.2, -0.15) is 5.10 Å². The van der Waals surface area contributed by atoms with Crippen LogP contribution in [0.15, 0.2) is 65.8 Å². The van der Waals surface area contributed by atoms with Crippen LogP contribution < -0.4 is 25.9 Å². The molecule has 0 bridgehead atoms. The minimum Gasteiger partial charge on any atom is -0.492 e. The smallest absolute Gasteiger partial charge is 0.304 e. The molecule has 0 fully saturated rings. The van der Waals surface area contributed by atoms with Crippen LogP contribution in [0.1, 0.15) is 28.8 Å². The Morgan fingerprint density at radius 2 is 1.56 bits per heavy atom. The number of hydrogen-bond acceptors (Lipinski definition) is 8. The van der Waals surface area contributed by atoms with Crippen molar-refractivity contribution in [2.24, 2.45) is 16.9 Å². The number of ketones is 1. The van der Waals surface area contributed by atoms with E-state index in [0.717, 1.165) is 11.3 Å². The highest BCUT2D eigenvalue weighted by molar-refractivity contribution is 6.30. The number of rotatable bonds is 3. The number of fused-ring (bicyclic) bond motifs is 4. The van der Waals surface area contributed by atoms with E-state index in [0.29, 0.717) is 52.2 Å². The molecule has 200 valence electrons. The van der Waals surface area contributed by atoms with Crippen molar-refractivity contribution in [1.29, 1.82) is 0 Å². The Labute approximate surface area is 228 Å². The van der Waals surface area contributed by atoms with Gasteiger partial charge in [-0.1, -0.05) is 11.6 Å². The number of nitrogens with zero attached hydrogens (tertiary/aromatic N) is 2. The van der Waals surface area contributed by atoms with Crippen LogP contribution >= 0.6 is 11.6 Å². The summed E-state index contributed by atoms with van der Waals surface area (Å²) in [5.74, 6) is -0.721. The zero-order valence-electron chi connectivity index (χ0n) is 20.7. The van der Waals surface area contributed by atoms with Gasteiger partial charge in [0.05, 0.1) is 42.5 Å². The first-order valence-electron chi connectivity index (χ1n) is 12.2. The van der Waals surface area contributed by atoms with Crippen molar-refractivity contribution in [3.05, 3.63) is 76.8 Å². The minimum atomic E-state index is -0.999. The lowest BCUT2D eigenvalue weighted by Crippen LogP contribution is -2.41. The molecule has 3 aliphatic rings. The third kappa shape index (κ3) is 5.51. The van der Waals surface area contributed by atoms with E-state index in [-0.39, 0.29) is 30.6 Å². The van der Waals surface area contributed by atoms with Gasteiger partial charge >= 0.3 is 5.97 Å². The van der Waals surface area contributed by atoms with Crippen LogP contribution in [0, 0.1) is 11.8 Å². The summed E-state index contributed by atoms with van der Waals surface area (Å²) >= 11 is 5.91. The van der Waals surface area contributed by atoms with Gasteiger partial charge in [0.15, 0.2) is 5.78 Å². The Bertz CT molecular complexity index is 1490. The van der Waals surface area contributed by atoms with E-state index >= 15 is 0 Å². The SMILES string of the molecule is Nc1ccc2c(c1)OCC(CC(=O)O)C2=O.Nc1ccc2c(c1)OCC1CC(=O)N(c3ccc(Cl)cc3)N=C21. The number of carbonyl (C=O) groups is 3. The predicted molar refractivity (Wildman–Crippen MR) is 146 cm³/mol. The first-order chi connectivity index (χ1) is 18.7. The number of nitrogens with two attached hydrogens (primary N) is 2. The van der Waals surface area contributed by atoms with Gasteiger partial charge in [0.25, 0.3) is 0 Å². The summed E-state index contributed by atoms with van der Waals surface area (Å²) in [5, 5.41) is 15.3. The zero-order valence-corrected chi connectivity index (χ0v) is 21.4. The topological polar surface area (TPSA) is 158 Å². The molecule has 2 atom stereocenters. The quantitative estimate of drug-likeness (QED) is 0.414. The van der Waals surface area contributed by atoms with Crippen molar-refractivity contribution in [3.8, 4) is 11.5 Å². The fourth-order valence-electron chi connectivity index (χ4n) is 4.61. The van der Waals surface area contributed by atoms with Crippen molar-refractivity contribution < 1.29 is 29.0 Å². The number of ether oxygens (including phenoxy) is 2. The minimum absolute atomic E-state index is 0.0258. The fourth-order valence-corrected chi connectivity index (χ4v) is 4.73. The van der Waals surface area contributed by atoms with E-state index in [2.05, 4.69) is 5.10 Å². The number of anilines is 3. The van der Waals surface area contributed by atoms with Gasteiger partial charge in [0, 0.05) is 46.4 Å². The number of amides is 1. The molecule has 6 rings (SSSR count). The average molecular weight is 549 g/mol. The van der Waals surface area contributed by atoms with Crippen LogP contribution in [-0.4, -0.2) is 41.7 Å². The molecule has 10 nitrogen and oxygen atoms in total. The summed E-state index contributed by atoms with van der Waals surface area (Å²) < 4.78 is 11.1. The van der Waals surface area contributed by atoms with E-state index < -0.39 is 11.9 Å². The molecule has 3 aliphatic heterocycles. The first kappa shape index (κ1) is 26.1. The maximum absolute atomic E-state index is 12.4. The second-order valence-electron chi connectivity index (χ2n) is 9.36. The van der Waals surface area contributed by atoms with Crippen LogP contribution in [0.3, 0.4) is 0 Å². The maximum atomic E-state index is 12.4. The van der Waals surface area contributed by atoms with Crippen LogP contribution in [0.2, 0.25) is 5.02 Å². The molecule has 0 spiro atoms. The molecule has 3 aromatic rings. The van der Waals surface area contributed by atoms with Crippen molar-refractivity contribution in [2.45, 2.75) is 12.8 Å². The summed E-state index contributed by atoms with van der Waals surface area (Å²) in [4.78, 5) is 34.8. The lowest BCUT2D eigenvalue weighted by molar-refractivity contribution is -0.138. The Morgan fingerprint density at radius 3 is 2.23 bits per heavy atom. The van der Waals surface area contributed by atoms with Gasteiger partial charge in [-0.05, 0) is 48.5 Å². The van der Waals surface area contributed by atoms with Crippen LogP contribution in [0.4, 0.5) is 17.1 Å². The van der Waals surface area contributed by atoms with E-state index in [9.17, 15) is 14.4 Å². The number of hydrogen-bond donors (Lipinski definition) is 3. The summed E-state index contributed by atoms with van der Waals surface area (Å²) in [7, 11) is 0. The number of hydrazone groups is 1. The number of carbonyl (C=O) groups excluding carboxylic acids is 2. The Balaban J connectivity index is 0.000000169. The fraction of sp³-hybridized carbons (Fsp3) is 0.214. The van der Waals surface area contributed by atoms with Gasteiger partial charge in [-0.25, -0.2) is 5.01 Å². The molecule has 11 heteroatoms. The number of halogens is 1. The van der Waals surface area contributed by atoms with Crippen molar-refractivity contribution in [2.75, 3.05) is 29.7 Å². The first-order valence-corrected chi connectivity index (χ1v) is 12.6. The molecule has 3 aromatic carbocycles. The third-order valence-electron chi connectivity index (χ3n) is 6.55. The Kier molecular flexibility index (Phi) is 7.12. The van der Waals surface area contributed by atoms with Gasteiger partial charge in [-0.15, -0.1) is 0 Å². The molecule has 0 aliphatic carbocycles. The van der Waals surface area contributed by atoms with Gasteiger partial charge in [0.2, 0.25) is 5.91 Å². The molecule has 2 unspecified atom stereocenters. The molecule has 0 saturated carbocycles. The number of carboxylic acids is 1. The summed E-state index contributed by atoms with van der Waals surface area (Å²) in [6.45, 7) is 0.539. The number of aliphatic carboxylic acids is 1. The number of carboxylic acid groups (broad SMARTS) is 1. The summed E-state index contributed by atoms with van der Waals surface area (Å²) in [6, 6.07) is 17.3. The van der Waals surface area contributed by atoms with Crippen LogP contribution in [-0.2, 0) is 9.59 Å². The molecule has 0 saturated heterocycles. The number of nitrogen functional groups attached to an aromatic ring is 2. The largest absolute Gasteiger partial charge is 0.492 e. The van der Waals surface area contributed by atoms with E-state index in [1.165, 1.54) is 5.01 Å². The highest BCUT2D eigenvalue weighted by Crippen LogP contribution is 2.35. The summed E-state index contributed by atoms with van der Waals surface area (Å²) in [6.07, 6.45) is 0.161. The van der Waals surface area contributed by atoms with Crippen LogP contribution in [0.5, 0.6) is 11.5 Å². The third-order valence-corrected chi connectivity index (χ3v) is 6.80. The monoisotopic (exact) mass is 548 g/mol. The molecule has 0 radical (unpaired) electrons. The van der Waals surface area contributed by atoms with Crippen molar-refractivity contribution >= 4 is 52.0 Å².